The molecule has 0 fully saturated rings. The van der Waals surface area contributed by atoms with Crippen LogP contribution in [0.4, 0.5) is 0 Å². The molecule has 4 nitrogen and oxygen atoms in total. The van der Waals surface area contributed by atoms with Crippen LogP contribution in [0.5, 0.6) is 0 Å². The molecule has 0 aliphatic carbocycles. The average Bonchev–Trinajstić information content (AvgIpc) is 2.05. The van der Waals surface area contributed by atoms with Gasteiger partial charge in [0.15, 0.2) is 0 Å². The number of benzene rings is 1. The summed E-state index contributed by atoms with van der Waals surface area (Å²) in [5, 5.41) is 8.30. The molecule has 5 heteroatoms. The number of nitrogens with one attached hydrogen (secondary N) is 1. The first-order chi connectivity index (χ1) is 5.56. The molecule has 0 saturated carbocycles. The summed E-state index contributed by atoms with van der Waals surface area (Å²) in [4.78, 5) is 1.32. The number of aryl methyl sites for hydroxylation is 1. The molecule has 1 aromatic carbocycles. The second-order valence-corrected chi connectivity index (χ2v) is 4.07. The maximum atomic E-state index is 11.0. The molecule has 1 aromatic rings. The average molecular weight is 187 g/mol. The molecule has 0 radical (unpaired) electrons. The molecule has 0 aliphatic rings. The SMILES string of the molecule is Cc1cccc(S(=O)(=O)NO)c1. The smallest absolute Gasteiger partial charge is 0.262 e. The Morgan fingerprint density at radius 2 is 2.08 bits per heavy atom. The van der Waals surface area contributed by atoms with Gasteiger partial charge in [0.1, 0.15) is 0 Å². The van der Waals surface area contributed by atoms with Crippen LogP contribution in [0, 0.1) is 6.92 Å². The van der Waals surface area contributed by atoms with Gasteiger partial charge < -0.3 is 5.21 Å². The van der Waals surface area contributed by atoms with E-state index < -0.39 is 10.0 Å². The first-order valence-corrected chi connectivity index (χ1v) is 4.77. The number of rotatable bonds is 2. The number of hydrogen-bond acceptors (Lipinski definition) is 3. The molecule has 0 saturated heterocycles. The van der Waals surface area contributed by atoms with Crippen molar-refractivity contribution in [2.75, 3.05) is 0 Å². The highest BCUT2D eigenvalue weighted by atomic mass is 32.2. The minimum absolute atomic E-state index is 0.0602. The Hall–Kier alpha value is -0.910. The maximum Gasteiger partial charge on any atom is 0.262 e. The summed E-state index contributed by atoms with van der Waals surface area (Å²) in [5.74, 6) is 0. The molecule has 2 N–H and O–H groups in total. The Kier molecular flexibility index (Phi) is 2.46. The number of sulfonamides is 1. The Morgan fingerprint density at radius 3 is 2.58 bits per heavy atom. The minimum atomic E-state index is -3.72. The molecule has 1 rings (SSSR count). The summed E-state index contributed by atoms with van der Waals surface area (Å²) in [6, 6.07) is 6.26. The van der Waals surface area contributed by atoms with Crippen molar-refractivity contribution >= 4 is 10.0 Å². The van der Waals surface area contributed by atoms with Gasteiger partial charge in [-0.15, -0.1) is 0 Å². The minimum Gasteiger partial charge on any atom is -0.302 e. The molecule has 0 aliphatic heterocycles. The summed E-state index contributed by atoms with van der Waals surface area (Å²) in [6.45, 7) is 1.77. The number of hydrogen-bond donors (Lipinski definition) is 2. The van der Waals surface area contributed by atoms with Crippen LogP contribution in [-0.2, 0) is 10.0 Å². The van der Waals surface area contributed by atoms with E-state index in [1.165, 1.54) is 17.0 Å². The van der Waals surface area contributed by atoms with E-state index in [0.717, 1.165) is 5.56 Å². The molecule has 0 unspecified atom stereocenters. The lowest BCUT2D eigenvalue weighted by Crippen LogP contribution is -2.19. The van der Waals surface area contributed by atoms with E-state index in [9.17, 15) is 8.42 Å². The van der Waals surface area contributed by atoms with Crippen molar-refractivity contribution in [3.63, 3.8) is 0 Å². The first kappa shape index (κ1) is 9.18. The van der Waals surface area contributed by atoms with Crippen molar-refractivity contribution in [2.24, 2.45) is 0 Å². The zero-order valence-electron chi connectivity index (χ0n) is 6.48. The van der Waals surface area contributed by atoms with E-state index in [-0.39, 0.29) is 4.90 Å². The molecule has 0 spiro atoms. The predicted molar refractivity (Wildman–Crippen MR) is 43.3 cm³/mol. The largest absolute Gasteiger partial charge is 0.302 e. The normalized spacial score (nSPS) is 11.5. The van der Waals surface area contributed by atoms with Crippen LogP contribution in [0.1, 0.15) is 5.56 Å². The van der Waals surface area contributed by atoms with Crippen molar-refractivity contribution in [1.82, 2.24) is 4.89 Å². The first-order valence-electron chi connectivity index (χ1n) is 3.29. The van der Waals surface area contributed by atoms with Crippen molar-refractivity contribution in [3.8, 4) is 0 Å². The topological polar surface area (TPSA) is 66.4 Å². The van der Waals surface area contributed by atoms with Gasteiger partial charge >= 0.3 is 0 Å². The van der Waals surface area contributed by atoms with Gasteiger partial charge in [-0.1, -0.05) is 17.0 Å². The summed E-state index contributed by atoms with van der Waals surface area (Å²) in [5.41, 5.74) is 0.825. The van der Waals surface area contributed by atoms with Crippen LogP contribution in [0.3, 0.4) is 0 Å². The molecule has 12 heavy (non-hydrogen) atoms. The second-order valence-electron chi connectivity index (χ2n) is 2.41. The van der Waals surface area contributed by atoms with Crippen LogP contribution < -0.4 is 4.89 Å². The van der Waals surface area contributed by atoms with E-state index >= 15 is 0 Å². The van der Waals surface area contributed by atoms with Gasteiger partial charge in [-0.05, 0) is 24.6 Å². The summed E-state index contributed by atoms with van der Waals surface area (Å²) in [6.07, 6.45) is 0. The highest BCUT2D eigenvalue weighted by molar-refractivity contribution is 7.89. The highest BCUT2D eigenvalue weighted by Crippen LogP contribution is 2.09. The van der Waals surface area contributed by atoms with Crippen molar-refractivity contribution < 1.29 is 13.6 Å². The molecule has 0 amide bonds. The molecule has 66 valence electrons. The lowest BCUT2D eigenvalue weighted by Gasteiger charge is -2.00. The standard InChI is InChI=1S/C7H9NO3S/c1-6-3-2-4-7(5-6)12(10,11)8-9/h2-5,8-9H,1H3. The molecular formula is C7H9NO3S. The van der Waals surface area contributed by atoms with Gasteiger partial charge in [-0.2, -0.15) is 0 Å². The van der Waals surface area contributed by atoms with Crippen LogP contribution in [-0.4, -0.2) is 13.6 Å². The zero-order chi connectivity index (χ0) is 9.19. The maximum absolute atomic E-state index is 11.0. The Morgan fingerprint density at radius 1 is 1.42 bits per heavy atom. The van der Waals surface area contributed by atoms with Crippen LogP contribution in [0.2, 0.25) is 0 Å². The van der Waals surface area contributed by atoms with Crippen molar-refractivity contribution in [2.45, 2.75) is 11.8 Å². The Bertz CT molecular complexity index is 372. The van der Waals surface area contributed by atoms with E-state index in [2.05, 4.69) is 0 Å². The Balaban J connectivity index is 3.21. The molecular weight excluding hydrogens is 178 g/mol. The van der Waals surface area contributed by atoms with Gasteiger partial charge in [-0.25, -0.2) is 8.42 Å². The summed E-state index contributed by atoms with van der Waals surface area (Å²) >= 11 is 0. The van der Waals surface area contributed by atoms with E-state index in [0.29, 0.717) is 0 Å². The van der Waals surface area contributed by atoms with Gasteiger partial charge in [0, 0.05) is 0 Å². The van der Waals surface area contributed by atoms with Crippen LogP contribution in [0.25, 0.3) is 0 Å². The highest BCUT2D eigenvalue weighted by Gasteiger charge is 2.11. The molecule has 0 bridgehead atoms. The van der Waals surface area contributed by atoms with E-state index in [1.54, 1.807) is 19.1 Å². The third-order valence-electron chi connectivity index (χ3n) is 1.42. The molecule has 0 heterocycles. The van der Waals surface area contributed by atoms with E-state index in [4.69, 9.17) is 5.21 Å². The summed E-state index contributed by atoms with van der Waals surface area (Å²) < 4.78 is 22.0. The van der Waals surface area contributed by atoms with E-state index in [1.807, 2.05) is 0 Å². The fraction of sp³-hybridized carbons (Fsp3) is 0.143. The summed E-state index contributed by atoms with van der Waals surface area (Å²) in [7, 11) is -3.72. The fourth-order valence-corrected chi connectivity index (χ4v) is 1.54. The molecule has 0 atom stereocenters. The van der Waals surface area contributed by atoms with Gasteiger partial charge in [0.2, 0.25) is 0 Å². The van der Waals surface area contributed by atoms with Gasteiger partial charge in [0.05, 0.1) is 4.90 Å². The monoisotopic (exact) mass is 187 g/mol. The second kappa shape index (κ2) is 3.22. The zero-order valence-corrected chi connectivity index (χ0v) is 7.30. The van der Waals surface area contributed by atoms with Crippen molar-refractivity contribution in [3.05, 3.63) is 29.8 Å². The Labute approximate surface area is 70.9 Å². The fourth-order valence-electron chi connectivity index (χ4n) is 0.835. The lowest BCUT2D eigenvalue weighted by atomic mass is 10.2. The quantitative estimate of drug-likeness (QED) is 0.668. The van der Waals surface area contributed by atoms with Gasteiger partial charge in [-0.3, -0.25) is 0 Å². The molecule has 0 aromatic heterocycles. The third kappa shape index (κ3) is 1.82. The third-order valence-corrected chi connectivity index (χ3v) is 2.53. The van der Waals surface area contributed by atoms with Gasteiger partial charge in [0.25, 0.3) is 10.0 Å². The van der Waals surface area contributed by atoms with Crippen LogP contribution in [0.15, 0.2) is 29.2 Å². The van der Waals surface area contributed by atoms with Crippen LogP contribution >= 0.6 is 0 Å². The predicted octanol–water partition coefficient (Wildman–Crippen LogP) is 0.663. The lowest BCUT2D eigenvalue weighted by molar-refractivity contribution is 0.242. The van der Waals surface area contributed by atoms with Crippen molar-refractivity contribution in [1.29, 1.82) is 0 Å².